The van der Waals surface area contributed by atoms with Gasteiger partial charge in [0, 0.05) is 30.9 Å². The van der Waals surface area contributed by atoms with Crippen molar-refractivity contribution in [1.82, 2.24) is 29.4 Å². The van der Waals surface area contributed by atoms with E-state index in [1.807, 2.05) is 18.7 Å². The zero-order valence-corrected chi connectivity index (χ0v) is 19.8. The Balaban J connectivity index is 1.59. The van der Waals surface area contributed by atoms with E-state index in [1.54, 1.807) is 30.5 Å². The molecule has 1 fully saturated rings. The topological polar surface area (TPSA) is 103 Å². The summed E-state index contributed by atoms with van der Waals surface area (Å²) in [6, 6.07) is 4.40. The fourth-order valence-corrected chi connectivity index (χ4v) is 4.80. The monoisotopic (exact) mass is 495 g/mol. The number of amides is 1. The smallest absolute Gasteiger partial charge is 0.383 e. The van der Waals surface area contributed by atoms with Crippen molar-refractivity contribution in [1.29, 1.82) is 0 Å². The molecule has 0 unspecified atom stereocenters. The van der Waals surface area contributed by atoms with E-state index in [-0.39, 0.29) is 17.5 Å². The second-order valence-corrected chi connectivity index (χ2v) is 8.80. The number of fused-ring (bicyclic) bond motifs is 3. The number of nitrogens with two attached hydrogens (primary N) is 1. The normalized spacial score (nSPS) is 15.4. The van der Waals surface area contributed by atoms with Crippen LogP contribution < -0.4 is 5.73 Å². The van der Waals surface area contributed by atoms with Gasteiger partial charge < -0.3 is 15.2 Å². The van der Waals surface area contributed by atoms with Gasteiger partial charge in [-0.2, -0.15) is 13.2 Å². The lowest BCUT2D eigenvalue weighted by Gasteiger charge is -2.33. The molecular weight excluding hydrogens is 471 g/mol. The first-order valence-corrected chi connectivity index (χ1v) is 11.6. The Morgan fingerprint density at radius 2 is 1.86 bits per heavy atom. The van der Waals surface area contributed by atoms with Gasteiger partial charge in [0.25, 0.3) is 0 Å². The summed E-state index contributed by atoms with van der Waals surface area (Å²) in [5, 5.41) is 0. The molecule has 11 heteroatoms. The van der Waals surface area contributed by atoms with Crippen LogP contribution in [0.2, 0.25) is 0 Å². The second-order valence-electron chi connectivity index (χ2n) is 8.80. The van der Waals surface area contributed by atoms with E-state index >= 15 is 0 Å². The van der Waals surface area contributed by atoms with Crippen LogP contribution in [0.1, 0.15) is 37.2 Å². The van der Waals surface area contributed by atoms with Crippen molar-refractivity contribution in [2.75, 3.05) is 18.8 Å². The third kappa shape index (κ3) is 4.14. The number of nitrogens with zero attached hydrogens (tertiary/aromatic N) is 6. The van der Waals surface area contributed by atoms with E-state index in [9.17, 15) is 18.0 Å². The Hall–Kier alpha value is -4.02. The van der Waals surface area contributed by atoms with Crippen LogP contribution in [-0.2, 0) is 11.0 Å². The molecule has 0 spiro atoms. The lowest BCUT2D eigenvalue weighted by Crippen LogP contribution is -2.38. The summed E-state index contributed by atoms with van der Waals surface area (Å²) in [5.74, 6) is 0.210. The van der Waals surface area contributed by atoms with Crippen molar-refractivity contribution < 1.29 is 18.0 Å². The van der Waals surface area contributed by atoms with E-state index in [2.05, 4.69) is 19.5 Å². The molecule has 0 radical (unpaired) electrons. The number of pyridine rings is 3. The van der Waals surface area contributed by atoms with Gasteiger partial charge in [0.05, 0.1) is 28.5 Å². The molecule has 1 saturated heterocycles. The number of alkyl halides is 3. The minimum absolute atomic E-state index is 0.000507. The van der Waals surface area contributed by atoms with Crippen molar-refractivity contribution in [2.45, 2.75) is 38.9 Å². The fraction of sp³-hybridized carbons (Fsp3) is 0.320. The molecular formula is C25H24F3N7O. The molecule has 1 amide bonds. The summed E-state index contributed by atoms with van der Waals surface area (Å²) < 4.78 is 42.3. The number of hydrogen-bond donors (Lipinski definition) is 1. The molecule has 36 heavy (non-hydrogen) atoms. The van der Waals surface area contributed by atoms with Crippen LogP contribution in [0, 0.1) is 6.92 Å². The Bertz CT molecular complexity index is 1500. The average molecular weight is 496 g/mol. The number of anilines is 1. The first kappa shape index (κ1) is 23.7. The molecule has 5 rings (SSSR count). The predicted molar refractivity (Wildman–Crippen MR) is 130 cm³/mol. The highest BCUT2D eigenvalue weighted by atomic mass is 19.4. The van der Waals surface area contributed by atoms with Crippen LogP contribution in [-0.4, -0.2) is 48.4 Å². The summed E-state index contributed by atoms with van der Waals surface area (Å²) in [4.78, 5) is 31.7. The number of rotatable bonds is 3. The molecule has 0 bridgehead atoms. The van der Waals surface area contributed by atoms with Gasteiger partial charge in [0.1, 0.15) is 22.7 Å². The molecule has 8 nitrogen and oxygen atoms in total. The van der Waals surface area contributed by atoms with Crippen molar-refractivity contribution in [3.05, 3.63) is 54.1 Å². The van der Waals surface area contributed by atoms with Gasteiger partial charge in [-0.1, -0.05) is 6.08 Å². The Kier molecular flexibility index (Phi) is 5.85. The Labute approximate surface area is 204 Å². The van der Waals surface area contributed by atoms with Gasteiger partial charge in [-0.05, 0) is 51.0 Å². The number of piperidine rings is 1. The molecule has 0 aromatic carbocycles. The summed E-state index contributed by atoms with van der Waals surface area (Å²) in [6.45, 7) is 4.96. The third-order valence-electron chi connectivity index (χ3n) is 6.51. The second kappa shape index (κ2) is 8.89. The number of nitrogen functional groups attached to an aromatic ring is 1. The van der Waals surface area contributed by atoms with Crippen LogP contribution in [0.25, 0.3) is 33.3 Å². The molecule has 1 aliphatic rings. The zero-order valence-electron chi connectivity index (χ0n) is 19.8. The lowest BCUT2D eigenvalue weighted by molar-refractivity contribution is -0.137. The minimum Gasteiger partial charge on any atom is -0.383 e. The van der Waals surface area contributed by atoms with Crippen molar-refractivity contribution in [3.63, 3.8) is 0 Å². The van der Waals surface area contributed by atoms with E-state index in [0.29, 0.717) is 35.3 Å². The molecule has 4 aromatic heterocycles. The summed E-state index contributed by atoms with van der Waals surface area (Å²) in [6.07, 6.45) is 3.13. The van der Waals surface area contributed by atoms with Gasteiger partial charge in [0.15, 0.2) is 0 Å². The summed E-state index contributed by atoms with van der Waals surface area (Å²) in [5.41, 5.74) is 7.57. The third-order valence-corrected chi connectivity index (χ3v) is 6.51. The average Bonchev–Trinajstić information content (AvgIpc) is 3.20. The predicted octanol–water partition coefficient (Wildman–Crippen LogP) is 4.69. The van der Waals surface area contributed by atoms with E-state index in [1.165, 1.54) is 6.20 Å². The van der Waals surface area contributed by atoms with Crippen LogP contribution in [0.3, 0.4) is 0 Å². The number of halogens is 3. The number of hydrogen-bond acceptors (Lipinski definition) is 6. The zero-order chi connectivity index (χ0) is 25.6. The summed E-state index contributed by atoms with van der Waals surface area (Å²) in [7, 11) is 0. The number of aromatic nitrogens is 5. The highest BCUT2D eigenvalue weighted by Gasteiger charge is 2.34. The Morgan fingerprint density at radius 3 is 2.56 bits per heavy atom. The number of likely N-dealkylation sites (tertiary alicyclic amines) is 1. The van der Waals surface area contributed by atoms with Crippen molar-refractivity contribution in [3.8, 4) is 11.3 Å². The molecule has 0 saturated carbocycles. The van der Waals surface area contributed by atoms with E-state index in [4.69, 9.17) is 10.7 Å². The maximum absolute atomic E-state index is 13.4. The highest BCUT2D eigenvalue weighted by molar-refractivity contribution is 6.00. The summed E-state index contributed by atoms with van der Waals surface area (Å²) >= 11 is 0. The first-order chi connectivity index (χ1) is 17.2. The molecule has 4 aromatic rings. The molecule has 5 heterocycles. The van der Waals surface area contributed by atoms with E-state index < -0.39 is 17.6 Å². The maximum Gasteiger partial charge on any atom is 0.419 e. The number of aryl methyl sites for hydroxylation is 1. The quantitative estimate of drug-likeness (QED) is 0.414. The first-order valence-electron chi connectivity index (χ1n) is 11.6. The highest BCUT2D eigenvalue weighted by Crippen LogP contribution is 2.36. The van der Waals surface area contributed by atoms with Gasteiger partial charge in [-0.25, -0.2) is 15.0 Å². The molecule has 0 atom stereocenters. The minimum atomic E-state index is -4.63. The molecule has 0 aliphatic carbocycles. The van der Waals surface area contributed by atoms with Gasteiger partial charge in [0.2, 0.25) is 5.91 Å². The molecule has 1 aliphatic heterocycles. The SMILES string of the molecule is C/C=C/C(=O)N1CCC(n2c(C)nc3cnc4ccc(-c5cnc(N)c(C(F)(F)F)c5)nc4c32)CC1. The van der Waals surface area contributed by atoms with Crippen LogP contribution in [0.4, 0.5) is 19.0 Å². The number of carbonyl (C=O) groups excluding carboxylic acids is 1. The fourth-order valence-electron chi connectivity index (χ4n) is 4.80. The molecule has 2 N–H and O–H groups in total. The number of carbonyl (C=O) groups is 1. The molecule has 186 valence electrons. The number of imidazole rings is 1. The van der Waals surface area contributed by atoms with E-state index in [0.717, 1.165) is 30.2 Å². The Morgan fingerprint density at radius 1 is 1.11 bits per heavy atom. The van der Waals surface area contributed by atoms with Crippen molar-refractivity contribution in [2.24, 2.45) is 0 Å². The van der Waals surface area contributed by atoms with Gasteiger partial charge >= 0.3 is 6.18 Å². The van der Waals surface area contributed by atoms with Crippen molar-refractivity contribution >= 4 is 33.8 Å². The lowest BCUT2D eigenvalue weighted by atomic mass is 10.0. The van der Waals surface area contributed by atoms with Crippen LogP contribution in [0.5, 0.6) is 0 Å². The largest absolute Gasteiger partial charge is 0.419 e. The van der Waals surface area contributed by atoms with Gasteiger partial charge in [-0.3, -0.25) is 9.78 Å². The standard InChI is InChI=1S/C25H24F3N7O/c1-3-4-21(36)34-9-7-16(8-10-34)35-14(2)32-20-13-30-19-6-5-18(33-22(19)23(20)35)15-11-17(25(26,27)28)24(29)31-12-15/h3-6,11-13,16H,7-10H2,1-2H3,(H2,29,31)/b4-3+. The maximum atomic E-state index is 13.4. The number of allylic oxidation sites excluding steroid dienone is 1. The van der Waals surface area contributed by atoms with Crippen LogP contribution in [0.15, 0.2) is 42.7 Å². The van der Waals surface area contributed by atoms with Crippen LogP contribution >= 0.6 is 0 Å². The van der Waals surface area contributed by atoms with Gasteiger partial charge in [-0.15, -0.1) is 0 Å².